The summed E-state index contributed by atoms with van der Waals surface area (Å²) in [4.78, 5) is 11.6. The van der Waals surface area contributed by atoms with Gasteiger partial charge in [0.25, 0.3) is 5.91 Å². The molecule has 82 valence electrons. The van der Waals surface area contributed by atoms with Gasteiger partial charge in [-0.1, -0.05) is 11.6 Å². The van der Waals surface area contributed by atoms with Crippen LogP contribution in [0.1, 0.15) is 17.3 Å². The number of benzene rings is 1. The molecule has 0 saturated heterocycles. The quantitative estimate of drug-likeness (QED) is 0.828. The summed E-state index contributed by atoms with van der Waals surface area (Å²) >= 11 is 5.72. The topological polar surface area (TPSA) is 55.1 Å². The summed E-state index contributed by atoms with van der Waals surface area (Å²) in [7, 11) is 0. The molecule has 3 nitrogen and oxygen atoms in total. The van der Waals surface area contributed by atoms with Crippen molar-refractivity contribution in [1.29, 1.82) is 0 Å². The van der Waals surface area contributed by atoms with Crippen molar-refractivity contribution in [3.63, 3.8) is 0 Å². The summed E-state index contributed by atoms with van der Waals surface area (Å²) < 4.78 is 12.7. The summed E-state index contributed by atoms with van der Waals surface area (Å²) in [6, 6.07) is 3.49. The standard InChI is InChI=1S/C10H12ClFN2O/c1-6(5-13)14-10(15)8-3-2-7(12)4-9(8)11/h2-4,6H,5,13H2,1H3,(H,14,15)/t6-/m0/s1. The van der Waals surface area contributed by atoms with Crippen LogP contribution >= 0.6 is 11.6 Å². The molecule has 0 fully saturated rings. The molecule has 1 aromatic carbocycles. The lowest BCUT2D eigenvalue weighted by Crippen LogP contribution is -2.37. The van der Waals surface area contributed by atoms with Gasteiger partial charge < -0.3 is 11.1 Å². The minimum Gasteiger partial charge on any atom is -0.348 e. The lowest BCUT2D eigenvalue weighted by Gasteiger charge is -2.11. The molecule has 0 aliphatic heterocycles. The van der Waals surface area contributed by atoms with Gasteiger partial charge in [0.2, 0.25) is 0 Å². The summed E-state index contributed by atoms with van der Waals surface area (Å²) in [5.74, 6) is -0.818. The van der Waals surface area contributed by atoms with E-state index in [1.165, 1.54) is 12.1 Å². The molecule has 1 aromatic rings. The van der Waals surface area contributed by atoms with E-state index in [2.05, 4.69) is 5.32 Å². The molecule has 0 radical (unpaired) electrons. The van der Waals surface area contributed by atoms with E-state index in [4.69, 9.17) is 17.3 Å². The third-order valence-corrected chi connectivity index (χ3v) is 2.22. The Labute approximate surface area is 92.4 Å². The van der Waals surface area contributed by atoms with Crippen LogP contribution in [0, 0.1) is 5.82 Å². The Morgan fingerprint density at radius 2 is 2.33 bits per heavy atom. The van der Waals surface area contributed by atoms with Gasteiger partial charge in [0.15, 0.2) is 0 Å². The van der Waals surface area contributed by atoms with Crippen LogP contribution in [0.4, 0.5) is 4.39 Å². The molecule has 3 N–H and O–H groups in total. The van der Waals surface area contributed by atoms with E-state index in [0.29, 0.717) is 6.54 Å². The molecule has 0 aliphatic carbocycles. The van der Waals surface area contributed by atoms with Crippen molar-refractivity contribution in [2.45, 2.75) is 13.0 Å². The molecule has 5 heteroatoms. The van der Waals surface area contributed by atoms with Crippen molar-refractivity contribution in [3.05, 3.63) is 34.6 Å². The largest absolute Gasteiger partial charge is 0.348 e. The van der Waals surface area contributed by atoms with Gasteiger partial charge in [-0.3, -0.25) is 4.79 Å². The molecule has 0 bridgehead atoms. The van der Waals surface area contributed by atoms with Crippen molar-refractivity contribution in [3.8, 4) is 0 Å². The average Bonchev–Trinajstić information content (AvgIpc) is 2.17. The zero-order valence-corrected chi connectivity index (χ0v) is 9.01. The van der Waals surface area contributed by atoms with E-state index in [0.717, 1.165) is 6.07 Å². The summed E-state index contributed by atoms with van der Waals surface area (Å²) in [5.41, 5.74) is 5.60. The lowest BCUT2D eigenvalue weighted by molar-refractivity contribution is 0.0941. The Morgan fingerprint density at radius 3 is 2.87 bits per heavy atom. The Morgan fingerprint density at radius 1 is 1.67 bits per heavy atom. The van der Waals surface area contributed by atoms with E-state index in [-0.39, 0.29) is 22.5 Å². The first-order valence-corrected chi connectivity index (χ1v) is 4.88. The van der Waals surface area contributed by atoms with Gasteiger partial charge in [-0.2, -0.15) is 0 Å². The number of amides is 1. The Balaban J connectivity index is 2.82. The fourth-order valence-corrected chi connectivity index (χ4v) is 1.29. The lowest BCUT2D eigenvalue weighted by atomic mass is 10.2. The second-order valence-electron chi connectivity index (χ2n) is 3.23. The van der Waals surface area contributed by atoms with Crippen LogP contribution in [0.2, 0.25) is 5.02 Å². The zero-order valence-electron chi connectivity index (χ0n) is 8.26. The van der Waals surface area contributed by atoms with Gasteiger partial charge in [-0.25, -0.2) is 4.39 Å². The number of rotatable bonds is 3. The predicted octanol–water partition coefficient (Wildman–Crippen LogP) is 1.56. The van der Waals surface area contributed by atoms with Crippen LogP contribution in [0.3, 0.4) is 0 Å². The third-order valence-electron chi connectivity index (χ3n) is 1.91. The van der Waals surface area contributed by atoms with Crippen molar-refractivity contribution in [2.24, 2.45) is 5.73 Å². The molecular formula is C10H12ClFN2O. The van der Waals surface area contributed by atoms with Gasteiger partial charge in [0, 0.05) is 12.6 Å². The van der Waals surface area contributed by atoms with Crippen LogP contribution in [-0.2, 0) is 0 Å². The maximum absolute atomic E-state index is 12.7. The number of nitrogens with two attached hydrogens (primary N) is 1. The minimum absolute atomic E-state index is 0.0942. The minimum atomic E-state index is -0.469. The molecule has 0 unspecified atom stereocenters. The van der Waals surface area contributed by atoms with Gasteiger partial charge in [-0.05, 0) is 25.1 Å². The maximum atomic E-state index is 12.7. The van der Waals surface area contributed by atoms with Crippen LogP contribution < -0.4 is 11.1 Å². The monoisotopic (exact) mass is 230 g/mol. The molecule has 1 atom stereocenters. The molecule has 0 saturated carbocycles. The molecule has 15 heavy (non-hydrogen) atoms. The van der Waals surface area contributed by atoms with E-state index >= 15 is 0 Å². The van der Waals surface area contributed by atoms with Crippen molar-refractivity contribution < 1.29 is 9.18 Å². The summed E-state index contributed by atoms with van der Waals surface area (Å²) in [6.45, 7) is 2.11. The first kappa shape index (κ1) is 11.9. The molecule has 0 aliphatic rings. The Kier molecular flexibility index (Phi) is 4.05. The molecule has 1 rings (SSSR count). The molecule has 1 amide bonds. The second-order valence-corrected chi connectivity index (χ2v) is 3.64. The highest BCUT2D eigenvalue weighted by molar-refractivity contribution is 6.33. The van der Waals surface area contributed by atoms with Gasteiger partial charge >= 0.3 is 0 Å². The first-order chi connectivity index (χ1) is 7.04. The normalized spacial score (nSPS) is 12.3. The summed E-state index contributed by atoms with van der Waals surface area (Å²) in [5, 5.41) is 2.73. The number of halogens is 2. The van der Waals surface area contributed by atoms with Crippen molar-refractivity contribution in [1.82, 2.24) is 5.32 Å². The molecule has 0 spiro atoms. The van der Waals surface area contributed by atoms with Crippen LogP contribution in [0.15, 0.2) is 18.2 Å². The highest BCUT2D eigenvalue weighted by Gasteiger charge is 2.12. The van der Waals surface area contributed by atoms with E-state index < -0.39 is 5.82 Å². The van der Waals surface area contributed by atoms with Crippen molar-refractivity contribution >= 4 is 17.5 Å². The van der Waals surface area contributed by atoms with Crippen LogP contribution in [0.25, 0.3) is 0 Å². The fraction of sp³-hybridized carbons (Fsp3) is 0.300. The summed E-state index contributed by atoms with van der Waals surface area (Å²) in [6.07, 6.45) is 0. The van der Waals surface area contributed by atoms with E-state index in [1.54, 1.807) is 6.92 Å². The second kappa shape index (κ2) is 5.09. The highest BCUT2D eigenvalue weighted by atomic mass is 35.5. The first-order valence-electron chi connectivity index (χ1n) is 4.50. The highest BCUT2D eigenvalue weighted by Crippen LogP contribution is 2.16. The Bertz CT molecular complexity index is 370. The van der Waals surface area contributed by atoms with Crippen LogP contribution in [-0.4, -0.2) is 18.5 Å². The zero-order chi connectivity index (χ0) is 11.4. The van der Waals surface area contributed by atoms with E-state index in [1.807, 2.05) is 0 Å². The molecular weight excluding hydrogens is 219 g/mol. The van der Waals surface area contributed by atoms with Crippen LogP contribution in [0.5, 0.6) is 0 Å². The SMILES string of the molecule is C[C@@H](CN)NC(=O)c1ccc(F)cc1Cl. The van der Waals surface area contributed by atoms with Gasteiger partial charge in [0.1, 0.15) is 5.82 Å². The Hall–Kier alpha value is -1.13. The number of carbonyl (C=O) groups excluding carboxylic acids is 1. The number of nitrogens with one attached hydrogen (secondary N) is 1. The van der Waals surface area contributed by atoms with Gasteiger partial charge in [0.05, 0.1) is 10.6 Å². The number of carbonyl (C=O) groups is 1. The average molecular weight is 231 g/mol. The molecule has 0 aromatic heterocycles. The van der Waals surface area contributed by atoms with Gasteiger partial charge in [-0.15, -0.1) is 0 Å². The smallest absolute Gasteiger partial charge is 0.253 e. The predicted molar refractivity (Wildman–Crippen MR) is 57.4 cm³/mol. The maximum Gasteiger partial charge on any atom is 0.253 e. The number of hydrogen-bond acceptors (Lipinski definition) is 2. The van der Waals surface area contributed by atoms with E-state index in [9.17, 15) is 9.18 Å². The number of hydrogen-bond donors (Lipinski definition) is 2. The molecule has 0 heterocycles. The third kappa shape index (κ3) is 3.18. The fourth-order valence-electron chi connectivity index (χ4n) is 1.03. The van der Waals surface area contributed by atoms with Crippen molar-refractivity contribution in [2.75, 3.05) is 6.54 Å².